The van der Waals surface area contributed by atoms with Crippen LogP contribution in [-0.4, -0.2) is 4.57 Å². The largest absolute Gasteiger partial charge is 0.326 e. The van der Waals surface area contributed by atoms with E-state index in [1.54, 1.807) is 0 Å². The Morgan fingerprint density at radius 3 is 2.25 bits per heavy atom. The summed E-state index contributed by atoms with van der Waals surface area (Å²) >= 11 is 0. The summed E-state index contributed by atoms with van der Waals surface area (Å²) in [5.74, 6) is 0. The highest BCUT2D eigenvalue weighted by molar-refractivity contribution is 5.85. The van der Waals surface area contributed by atoms with Crippen LogP contribution in [-0.2, 0) is 6.54 Å². The van der Waals surface area contributed by atoms with Gasteiger partial charge in [-0.1, -0.05) is 18.2 Å². The lowest BCUT2D eigenvalue weighted by Gasteiger charge is -2.09. The smallest absolute Gasteiger partial charge is 0.0455 e. The lowest BCUT2D eigenvalue weighted by molar-refractivity contribution is 0.943. The Labute approximate surface area is 102 Å². The number of nitrogens with zero attached hydrogens (tertiary/aromatic N) is 1. The lowest BCUT2D eigenvalue weighted by atomic mass is 10.2. The van der Waals surface area contributed by atoms with Crippen molar-refractivity contribution in [2.45, 2.75) is 20.4 Å². The van der Waals surface area contributed by atoms with Crippen molar-refractivity contribution in [2.24, 2.45) is 5.73 Å². The van der Waals surface area contributed by atoms with Gasteiger partial charge in [0.1, 0.15) is 0 Å². The third kappa shape index (κ3) is 2.13. The van der Waals surface area contributed by atoms with Gasteiger partial charge in [-0.2, -0.15) is 0 Å². The highest BCUT2D eigenvalue weighted by Gasteiger charge is 2.08. The number of nitrogens with two attached hydrogens (primary N) is 1. The number of hydrogen-bond donors (Lipinski definition) is 1. The molecule has 0 atom stereocenters. The first-order chi connectivity index (χ1) is 7.24. The summed E-state index contributed by atoms with van der Waals surface area (Å²) in [6.45, 7) is 4.83. The molecule has 0 aliphatic rings. The molecule has 0 saturated heterocycles. The van der Waals surface area contributed by atoms with Gasteiger partial charge in [0.25, 0.3) is 0 Å². The number of halogens is 1. The molecule has 0 bridgehead atoms. The molecule has 3 heteroatoms. The first-order valence-corrected chi connectivity index (χ1v) is 5.17. The van der Waals surface area contributed by atoms with Crippen LogP contribution in [0, 0.1) is 13.8 Å². The van der Waals surface area contributed by atoms with Gasteiger partial charge in [0.2, 0.25) is 0 Å². The fourth-order valence-electron chi connectivity index (χ4n) is 2.01. The Hall–Kier alpha value is -1.25. The maximum Gasteiger partial charge on any atom is 0.0455 e. The number of rotatable bonds is 2. The van der Waals surface area contributed by atoms with Crippen LogP contribution in [0.1, 0.15) is 17.0 Å². The first kappa shape index (κ1) is 12.8. The Balaban J connectivity index is 0.00000128. The van der Waals surface area contributed by atoms with Gasteiger partial charge in [-0.05, 0) is 37.6 Å². The predicted octanol–water partition coefficient (Wildman–Crippen LogP) is 2.97. The standard InChI is InChI=1S/C13H16N2.ClH/c1-10-8-12(9-14)11(2)15(10)13-6-4-3-5-7-13;/h3-8H,9,14H2,1-2H3;1H. The zero-order valence-corrected chi connectivity index (χ0v) is 10.4. The molecule has 2 rings (SSSR count). The highest BCUT2D eigenvalue weighted by Crippen LogP contribution is 2.19. The zero-order chi connectivity index (χ0) is 10.8. The van der Waals surface area contributed by atoms with Crippen molar-refractivity contribution in [1.82, 2.24) is 4.57 Å². The van der Waals surface area contributed by atoms with Crippen molar-refractivity contribution in [2.75, 3.05) is 0 Å². The van der Waals surface area contributed by atoms with E-state index in [2.05, 4.69) is 48.7 Å². The maximum absolute atomic E-state index is 5.70. The van der Waals surface area contributed by atoms with E-state index in [9.17, 15) is 0 Å². The van der Waals surface area contributed by atoms with Crippen LogP contribution < -0.4 is 5.73 Å². The Morgan fingerprint density at radius 1 is 1.12 bits per heavy atom. The van der Waals surface area contributed by atoms with Gasteiger partial charge in [0.15, 0.2) is 0 Å². The van der Waals surface area contributed by atoms with Crippen LogP contribution >= 0.6 is 12.4 Å². The molecular formula is C13H17ClN2. The molecule has 86 valence electrons. The summed E-state index contributed by atoms with van der Waals surface area (Å²) in [5, 5.41) is 0. The van der Waals surface area contributed by atoms with Gasteiger partial charge < -0.3 is 10.3 Å². The summed E-state index contributed by atoms with van der Waals surface area (Å²) in [6.07, 6.45) is 0. The number of benzene rings is 1. The number of hydrogen-bond acceptors (Lipinski definition) is 1. The van der Waals surface area contributed by atoms with Gasteiger partial charge >= 0.3 is 0 Å². The third-order valence-corrected chi connectivity index (χ3v) is 2.77. The molecule has 0 fully saturated rings. The molecular weight excluding hydrogens is 220 g/mol. The predicted molar refractivity (Wildman–Crippen MR) is 70.4 cm³/mol. The molecule has 2 N–H and O–H groups in total. The molecule has 0 unspecified atom stereocenters. The van der Waals surface area contributed by atoms with E-state index in [1.807, 2.05) is 6.07 Å². The highest BCUT2D eigenvalue weighted by atomic mass is 35.5. The van der Waals surface area contributed by atoms with Crippen LogP contribution in [0.15, 0.2) is 36.4 Å². The minimum absolute atomic E-state index is 0. The van der Waals surface area contributed by atoms with Crippen molar-refractivity contribution in [3.05, 3.63) is 53.3 Å². The Kier molecular flexibility index (Phi) is 4.16. The Morgan fingerprint density at radius 2 is 1.75 bits per heavy atom. The second kappa shape index (κ2) is 5.19. The molecule has 2 aromatic rings. The second-order valence-corrected chi connectivity index (χ2v) is 3.77. The van der Waals surface area contributed by atoms with Crippen LogP contribution in [0.25, 0.3) is 5.69 Å². The topological polar surface area (TPSA) is 30.9 Å². The second-order valence-electron chi connectivity index (χ2n) is 3.77. The van der Waals surface area contributed by atoms with Crippen LogP contribution in [0.2, 0.25) is 0 Å². The van der Waals surface area contributed by atoms with E-state index >= 15 is 0 Å². The molecule has 2 nitrogen and oxygen atoms in total. The monoisotopic (exact) mass is 236 g/mol. The summed E-state index contributed by atoms with van der Waals surface area (Å²) in [5.41, 5.74) is 10.6. The van der Waals surface area contributed by atoms with E-state index in [0.29, 0.717) is 6.54 Å². The molecule has 0 spiro atoms. The van der Waals surface area contributed by atoms with Crippen molar-refractivity contribution in [3.8, 4) is 5.69 Å². The van der Waals surface area contributed by atoms with Crippen LogP contribution in [0.5, 0.6) is 0 Å². The van der Waals surface area contributed by atoms with Gasteiger partial charge in [-0.3, -0.25) is 0 Å². The van der Waals surface area contributed by atoms with Gasteiger partial charge in [0, 0.05) is 23.6 Å². The van der Waals surface area contributed by atoms with Crippen molar-refractivity contribution in [1.29, 1.82) is 0 Å². The van der Waals surface area contributed by atoms with E-state index < -0.39 is 0 Å². The number of aryl methyl sites for hydroxylation is 1. The fourth-order valence-corrected chi connectivity index (χ4v) is 2.01. The van der Waals surface area contributed by atoms with Crippen molar-refractivity contribution >= 4 is 12.4 Å². The molecule has 0 aliphatic heterocycles. The summed E-state index contributed by atoms with van der Waals surface area (Å²) in [7, 11) is 0. The molecule has 1 aromatic carbocycles. The van der Waals surface area contributed by atoms with Crippen LogP contribution in [0.4, 0.5) is 0 Å². The molecule has 0 amide bonds. The maximum atomic E-state index is 5.70. The average Bonchev–Trinajstić information content (AvgIpc) is 2.55. The average molecular weight is 237 g/mol. The third-order valence-electron chi connectivity index (χ3n) is 2.77. The van der Waals surface area contributed by atoms with E-state index in [1.165, 1.54) is 22.6 Å². The quantitative estimate of drug-likeness (QED) is 0.854. The molecule has 1 aromatic heterocycles. The molecule has 0 aliphatic carbocycles. The summed E-state index contributed by atoms with van der Waals surface area (Å²) in [6, 6.07) is 12.5. The number of para-hydroxylation sites is 1. The van der Waals surface area contributed by atoms with Crippen LogP contribution in [0.3, 0.4) is 0 Å². The van der Waals surface area contributed by atoms with Gasteiger partial charge in [0.05, 0.1) is 0 Å². The van der Waals surface area contributed by atoms with E-state index in [-0.39, 0.29) is 12.4 Å². The van der Waals surface area contributed by atoms with Gasteiger partial charge in [-0.25, -0.2) is 0 Å². The Bertz CT molecular complexity index is 460. The van der Waals surface area contributed by atoms with Crippen molar-refractivity contribution < 1.29 is 0 Å². The first-order valence-electron chi connectivity index (χ1n) is 5.17. The molecule has 16 heavy (non-hydrogen) atoms. The summed E-state index contributed by atoms with van der Waals surface area (Å²) < 4.78 is 2.24. The molecule has 1 heterocycles. The fraction of sp³-hybridized carbons (Fsp3) is 0.231. The van der Waals surface area contributed by atoms with Gasteiger partial charge in [-0.15, -0.1) is 12.4 Å². The summed E-state index contributed by atoms with van der Waals surface area (Å²) in [4.78, 5) is 0. The minimum Gasteiger partial charge on any atom is -0.326 e. The SMILES string of the molecule is Cc1cc(CN)c(C)n1-c1ccccc1.Cl. The normalized spacial score (nSPS) is 9.94. The van der Waals surface area contributed by atoms with E-state index in [0.717, 1.165) is 0 Å². The molecule has 0 saturated carbocycles. The zero-order valence-electron chi connectivity index (χ0n) is 9.60. The minimum atomic E-state index is 0. The lowest BCUT2D eigenvalue weighted by Crippen LogP contribution is -2.01. The van der Waals surface area contributed by atoms with E-state index in [4.69, 9.17) is 5.73 Å². The number of aromatic nitrogens is 1. The molecule has 0 radical (unpaired) electrons. The van der Waals surface area contributed by atoms with Crippen molar-refractivity contribution in [3.63, 3.8) is 0 Å².